The molecule has 5 N–H and O–H groups in total. The van der Waals surface area contributed by atoms with Crippen molar-refractivity contribution in [2.24, 2.45) is 23.5 Å². The molecule has 0 aliphatic carbocycles. The van der Waals surface area contributed by atoms with Crippen molar-refractivity contribution >= 4 is 29.5 Å². The molecule has 0 bridgehead atoms. The molecule has 0 saturated carbocycles. The maximum absolute atomic E-state index is 14.1. The fraction of sp³-hybridized carbons (Fsp3) is 0.718. The Hall–Kier alpha value is -3.59. The van der Waals surface area contributed by atoms with E-state index < -0.39 is 72.2 Å². The molecule has 0 spiro atoms. The molecule has 1 heterocycles. The van der Waals surface area contributed by atoms with E-state index in [-0.39, 0.29) is 36.5 Å². The van der Waals surface area contributed by atoms with Gasteiger partial charge in [0.1, 0.15) is 18.1 Å². The van der Waals surface area contributed by atoms with Crippen LogP contribution in [0, 0.1) is 17.8 Å². The first kappa shape index (κ1) is 45.6. The molecule has 1 saturated heterocycles. The molecule has 10 atom stereocenters. The zero-order chi connectivity index (χ0) is 40.2. The van der Waals surface area contributed by atoms with Gasteiger partial charge in [0, 0.05) is 34.2 Å². The topological polar surface area (TPSA) is 184 Å². The van der Waals surface area contributed by atoms with Gasteiger partial charge in [-0.3, -0.25) is 28.9 Å². The van der Waals surface area contributed by atoms with Gasteiger partial charge in [-0.2, -0.15) is 0 Å². The molecule has 1 aromatic carbocycles. The van der Waals surface area contributed by atoms with Crippen molar-refractivity contribution in [3.8, 4) is 0 Å². The number of primary amides is 1. The van der Waals surface area contributed by atoms with Crippen molar-refractivity contribution in [3.63, 3.8) is 0 Å². The Labute approximate surface area is 316 Å². The van der Waals surface area contributed by atoms with Gasteiger partial charge in [0.15, 0.2) is 0 Å². The molecule has 1 aromatic rings. The minimum atomic E-state index is -0.960. The summed E-state index contributed by atoms with van der Waals surface area (Å²) in [5.41, 5.74) is 6.52. The average Bonchev–Trinajstić information content (AvgIpc) is 3.59. The monoisotopic (exact) mass is 746 g/mol. The summed E-state index contributed by atoms with van der Waals surface area (Å²) >= 11 is 0. The SMILES string of the molecule is CC[C@H](C)[C@@H]([C@@H](CC(=O)N1CCC[C@H]1[C@H](OC)[C@@H](C)C(=O)N[C@@H](Cc1ccccc1)C(N)=O)OC)N(C)C(=O)[C@@H](NC(=O)[C@H]([C@@H](C)O)N(C)C)C(C)C. The summed E-state index contributed by atoms with van der Waals surface area (Å²) in [4.78, 5) is 72.3. The summed E-state index contributed by atoms with van der Waals surface area (Å²) in [7, 11) is 8.08. The van der Waals surface area contributed by atoms with Crippen LogP contribution in [-0.2, 0) is 39.9 Å². The highest BCUT2D eigenvalue weighted by Gasteiger charge is 2.43. The number of ether oxygens (including phenoxy) is 2. The van der Waals surface area contributed by atoms with Crippen LogP contribution >= 0.6 is 0 Å². The van der Waals surface area contributed by atoms with Crippen LogP contribution in [0.3, 0.4) is 0 Å². The van der Waals surface area contributed by atoms with Gasteiger partial charge in [-0.1, -0.05) is 71.4 Å². The van der Waals surface area contributed by atoms with Gasteiger partial charge in [0.2, 0.25) is 29.5 Å². The molecule has 300 valence electrons. The van der Waals surface area contributed by atoms with Crippen LogP contribution in [0.1, 0.15) is 72.8 Å². The van der Waals surface area contributed by atoms with Crippen molar-refractivity contribution in [1.29, 1.82) is 0 Å². The molecule has 0 unspecified atom stereocenters. The Balaban J connectivity index is 2.27. The van der Waals surface area contributed by atoms with Crippen molar-refractivity contribution in [2.45, 2.75) is 122 Å². The van der Waals surface area contributed by atoms with Crippen LogP contribution in [-0.4, -0.2) is 140 Å². The molecule has 5 amide bonds. The fourth-order valence-corrected chi connectivity index (χ4v) is 7.54. The van der Waals surface area contributed by atoms with Crippen LogP contribution in [0.25, 0.3) is 0 Å². The highest BCUT2D eigenvalue weighted by atomic mass is 16.5. The van der Waals surface area contributed by atoms with E-state index in [1.165, 1.54) is 21.1 Å². The van der Waals surface area contributed by atoms with Crippen molar-refractivity contribution < 1.29 is 38.6 Å². The third-order valence-corrected chi connectivity index (χ3v) is 10.7. The second-order valence-corrected chi connectivity index (χ2v) is 15.1. The summed E-state index contributed by atoms with van der Waals surface area (Å²) in [6.45, 7) is 11.4. The van der Waals surface area contributed by atoms with E-state index in [1.807, 2.05) is 58.0 Å². The molecule has 0 radical (unpaired) electrons. The average molecular weight is 747 g/mol. The third-order valence-electron chi connectivity index (χ3n) is 10.7. The van der Waals surface area contributed by atoms with Crippen molar-refractivity contribution in [1.82, 2.24) is 25.3 Å². The smallest absolute Gasteiger partial charge is 0.245 e. The number of aliphatic hydroxyl groups is 1. The number of methoxy groups -OCH3 is 2. The number of aliphatic hydroxyl groups excluding tert-OH is 1. The summed E-state index contributed by atoms with van der Waals surface area (Å²) in [6, 6.07) is 5.72. The largest absolute Gasteiger partial charge is 0.391 e. The number of hydrogen-bond acceptors (Lipinski definition) is 9. The lowest BCUT2D eigenvalue weighted by atomic mass is 9.89. The first-order valence-corrected chi connectivity index (χ1v) is 18.8. The van der Waals surface area contributed by atoms with Gasteiger partial charge in [-0.15, -0.1) is 0 Å². The molecule has 0 aromatic heterocycles. The summed E-state index contributed by atoms with van der Waals surface area (Å²) in [6.07, 6.45) is -0.0592. The molecular formula is C39H66N6O8. The molecule has 1 aliphatic rings. The minimum absolute atomic E-state index is 0.0269. The summed E-state index contributed by atoms with van der Waals surface area (Å²) < 4.78 is 11.9. The van der Waals surface area contributed by atoms with E-state index in [1.54, 1.807) is 42.8 Å². The van der Waals surface area contributed by atoms with Crippen molar-refractivity contribution in [2.75, 3.05) is 41.9 Å². The van der Waals surface area contributed by atoms with E-state index in [0.717, 1.165) is 5.56 Å². The number of likely N-dealkylation sites (tertiary alicyclic amines) is 1. The summed E-state index contributed by atoms with van der Waals surface area (Å²) in [5.74, 6) is -3.08. The predicted octanol–water partition coefficient (Wildman–Crippen LogP) is 1.57. The minimum Gasteiger partial charge on any atom is -0.391 e. The number of likely N-dealkylation sites (N-methyl/N-ethyl adjacent to an activating group) is 2. The highest BCUT2D eigenvalue weighted by molar-refractivity contribution is 5.90. The Bertz CT molecular complexity index is 1340. The van der Waals surface area contributed by atoms with Gasteiger partial charge in [-0.25, -0.2) is 0 Å². The fourth-order valence-electron chi connectivity index (χ4n) is 7.54. The quantitative estimate of drug-likeness (QED) is 0.145. The van der Waals surface area contributed by atoms with E-state index in [9.17, 15) is 29.1 Å². The number of rotatable bonds is 21. The van der Waals surface area contributed by atoms with Gasteiger partial charge in [0.05, 0.1) is 42.7 Å². The normalized spacial score (nSPS) is 19.7. The molecule has 14 heteroatoms. The van der Waals surface area contributed by atoms with Gasteiger partial charge in [-0.05, 0) is 51.3 Å². The van der Waals surface area contributed by atoms with Gasteiger partial charge in [0.25, 0.3) is 0 Å². The Morgan fingerprint density at radius 1 is 0.962 bits per heavy atom. The van der Waals surface area contributed by atoms with Crippen LogP contribution < -0.4 is 16.4 Å². The van der Waals surface area contributed by atoms with E-state index >= 15 is 0 Å². The molecule has 1 fully saturated rings. The number of nitrogens with two attached hydrogens (primary N) is 1. The molecule has 2 rings (SSSR count). The van der Waals surface area contributed by atoms with Gasteiger partial charge >= 0.3 is 0 Å². The first-order chi connectivity index (χ1) is 24.9. The number of carbonyl (C=O) groups excluding carboxylic acids is 5. The number of nitrogens with zero attached hydrogens (tertiary/aromatic N) is 3. The number of benzene rings is 1. The van der Waals surface area contributed by atoms with E-state index in [0.29, 0.717) is 25.8 Å². The molecule has 1 aliphatic heterocycles. The Kier molecular flexibility index (Phi) is 18.3. The highest BCUT2D eigenvalue weighted by Crippen LogP contribution is 2.29. The second-order valence-electron chi connectivity index (χ2n) is 15.1. The maximum atomic E-state index is 14.1. The zero-order valence-electron chi connectivity index (χ0n) is 33.7. The standard InChI is InChI=1S/C39H66N6O8/c1-12-24(4)33(44(9)39(51)32(23(2)3)42-38(50)34(26(6)46)43(7)8)30(52-10)22-31(47)45-20-16-19-29(45)35(53-11)25(5)37(49)41-28(36(40)48)21-27-17-14-13-15-18-27/h13-15,17-18,23-26,28-30,32-35,46H,12,16,19-22H2,1-11H3,(H2,40,48)(H,41,49)(H,42,50)/t24-,25+,26+,28-,29-,30+,32-,33-,34-,35+/m0/s1. The van der Waals surface area contributed by atoms with Crippen LogP contribution in [0.2, 0.25) is 0 Å². The lowest BCUT2D eigenvalue weighted by molar-refractivity contribution is -0.148. The molecule has 14 nitrogen and oxygen atoms in total. The third kappa shape index (κ3) is 12.2. The number of nitrogens with one attached hydrogen (secondary N) is 2. The van der Waals surface area contributed by atoms with Crippen LogP contribution in [0.5, 0.6) is 0 Å². The van der Waals surface area contributed by atoms with Crippen molar-refractivity contribution in [3.05, 3.63) is 35.9 Å². The molecule has 53 heavy (non-hydrogen) atoms. The van der Waals surface area contributed by atoms with Crippen LogP contribution in [0.4, 0.5) is 0 Å². The lowest BCUT2D eigenvalue weighted by Gasteiger charge is -2.41. The number of carbonyl (C=O) groups is 5. The maximum Gasteiger partial charge on any atom is 0.245 e. The predicted molar refractivity (Wildman–Crippen MR) is 203 cm³/mol. The van der Waals surface area contributed by atoms with Crippen LogP contribution in [0.15, 0.2) is 30.3 Å². The second kappa shape index (κ2) is 21.3. The number of hydrogen-bond donors (Lipinski definition) is 4. The molecular weight excluding hydrogens is 680 g/mol. The zero-order valence-corrected chi connectivity index (χ0v) is 33.7. The van der Waals surface area contributed by atoms with Gasteiger partial charge < -0.3 is 40.7 Å². The first-order valence-electron chi connectivity index (χ1n) is 18.8. The Morgan fingerprint density at radius 2 is 1.58 bits per heavy atom. The lowest BCUT2D eigenvalue weighted by Crippen LogP contribution is -2.60. The Morgan fingerprint density at radius 3 is 2.08 bits per heavy atom. The number of amides is 5. The van der Waals surface area contributed by atoms with E-state index in [2.05, 4.69) is 10.6 Å². The van der Waals surface area contributed by atoms with E-state index in [4.69, 9.17) is 15.2 Å². The summed E-state index contributed by atoms with van der Waals surface area (Å²) in [5, 5.41) is 15.9.